The highest BCUT2D eigenvalue weighted by Gasteiger charge is 2.07. The summed E-state index contributed by atoms with van der Waals surface area (Å²) in [6, 6.07) is 6.53. The minimum absolute atomic E-state index is 0.209. The van der Waals surface area contributed by atoms with Gasteiger partial charge in [-0.2, -0.15) is 0 Å². The van der Waals surface area contributed by atoms with Crippen LogP contribution in [0.5, 0.6) is 0 Å². The third-order valence-electron chi connectivity index (χ3n) is 3.28. The molecule has 0 unspecified atom stereocenters. The molecule has 1 nitrogen and oxygen atoms in total. The normalized spacial score (nSPS) is 12.9. The maximum atomic E-state index is 3.51. The van der Waals surface area contributed by atoms with Crippen molar-refractivity contribution in [3.8, 4) is 0 Å². The molecule has 1 heteroatoms. The molecule has 0 aliphatic heterocycles. The molecule has 0 heterocycles. The molecule has 1 N–H and O–H groups in total. The van der Waals surface area contributed by atoms with Crippen LogP contribution < -0.4 is 5.32 Å². The van der Waals surface area contributed by atoms with Gasteiger partial charge in [0.2, 0.25) is 0 Å². The summed E-state index contributed by atoms with van der Waals surface area (Å²) in [7, 11) is 0. The first-order chi connectivity index (χ1) is 8.31. The standard InChI is InChI=1S/C17H27N/c1-13-9-7-11-16(15(13)3)14(2)10-8-12-18-17(4,5)6/h7,9-11,18H,8,12H2,1-6H3. The average molecular weight is 245 g/mol. The number of hydrogen-bond acceptors (Lipinski definition) is 1. The van der Waals surface area contributed by atoms with Crippen molar-refractivity contribution in [3.05, 3.63) is 41.0 Å². The van der Waals surface area contributed by atoms with Gasteiger partial charge in [-0.3, -0.25) is 0 Å². The lowest BCUT2D eigenvalue weighted by Gasteiger charge is -2.20. The van der Waals surface area contributed by atoms with E-state index in [-0.39, 0.29) is 5.54 Å². The van der Waals surface area contributed by atoms with E-state index in [1.54, 1.807) is 0 Å². The molecule has 0 atom stereocenters. The van der Waals surface area contributed by atoms with Crippen molar-refractivity contribution in [1.82, 2.24) is 5.32 Å². The molecule has 100 valence electrons. The van der Waals surface area contributed by atoms with Gasteiger partial charge in [0.15, 0.2) is 0 Å². The van der Waals surface area contributed by atoms with Crippen LogP contribution >= 0.6 is 0 Å². The second kappa shape index (κ2) is 6.19. The van der Waals surface area contributed by atoms with Gasteiger partial charge in [0.25, 0.3) is 0 Å². The van der Waals surface area contributed by atoms with Crippen molar-refractivity contribution in [3.63, 3.8) is 0 Å². The Balaban J connectivity index is 2.64. The maximum Gasteiger partial charge on any atom is 0.00966 e. The molecule has 18 heavy (non-hydrogen) atoms. The summed E-state index contributed by atoms with van der Waals surface area (Å²) < 4.78 is 0. The molecule has 1 aromatic rings. The lowest BCUT2D eigenvalue weighted by molar-refractivity contribution is 0.431. The van der Waals surface area contributed by atoms with E-state index in [1.807, 2.05) is 0 Å². The SMILES string of the molecule is CC(=CCCNC(C)(C)C)c1cccc(C)c1C. The fraction of sp³-hybridized carbons (Fsp3) is 0.529. The van der Waals surface area contributed by atoms with Crippen LogP contribution in [-0.4, -0.2) is 12.1 Å². The van der Waals surface area contributed by atoms with E-state index in [2.05, 4.69) is 71.1 Å². The zero-order valence-electron chi connectivity index (χ0n) is 12.7. The van der Waals surface area contributed by atoms with E-state index in [1.165, 1.54) is 22.3 Å². The van der Waals surface area contributed by atoms with E-state index < -0.39 is 0 Å². The van der Waals surface area contributed by atoms with Gasteiger partial charge >= 0.3 is 0 Å². The summed E-state index contributed by atoms with van der Waals surface area (Å²) in [5.41, 5.74) is 5.74. The molecule has 0 saturated carbocycles. The second-order valence-corrected chi connectivity index (χ2v) is 6.10. The number of allylic oxidation sites excluding steroid dienone is 1. The van der Waals surface area contributed by atoms with E-state index in [9.17, 15) is 0 Å². The highest BCUT2D eigenvalue weighted by atomic mass is 14.9. The molecule has 0 aliphatic carbocycles. The van der Waals surface area contributed by atoms with Crippen molar-refractivity contribution in [2.75, 3.05) is 6.54 Å². The largest absolute Gasteiger partial charge is 0.312 e. The Hall–Kier alpha value is -1.08. The first-order valence-corrected chi connectivity index (χ1v) is 6.79. The Kier molecular flexibility index (Phi) is 5.15. The summed E-state index contributed by atoms with van der Waals surface area (Å²) >= 11 is 0. The van der Waals surface area contributed by atoms with E-state index >= 15 is 0 Å². The summed E-state index contributed by atoms with van der Waals surface area (Å²) in [6.07, 6.45) is 3.41. The second-order valence-electron chi connectivity index (χ2n) is 6.10. The van der Waals surface area contributed by atoms with Gasteiger partial charge < -0.3 is 5.32 Å². The molecule has 0 fully saturated rings. The highest BCUT2D eigenvalue weighted by Crippen LogP contribution is 2.21. The number of benzene rings is 1. The zero-order valence-corrected chi connectivity index (χ0v) is 12.7. The fourth-order valence-corrected chi connectivity index (χ4v) is 2.02. The van der Waals surface area contributed by atoms with Gasteiger partial charge in [-0.1, -0.05) is 24.3 Å². The Morgan fingerprint density at radius 1 is 1.22 bits per heavy atom. The van der Waals surface area contributed by atoms with Crippen LogP contribution in [0.25, 0.3) is 5.57 Å². The molecule has 0 radical (unpaired) electrons. The number of rotatable bonds is 4. The van der Waals surface area contributed by atoms with Gasteiger partial charge in [-0.25, -0.2) is 0 Å². The van der Waals surface area contributed by atoms with E-state index in [0.29, 0.717) is 0 Å². The minimum Gasteiger partial charge on any atom is -0.312 e. The van der Waals surface area contributed by atoms with Crippen LogP contribution in [0, 0.1) is 13.8 Å². The minimum atomic E-state index is 0.209. The van der Waals surface area contributed by atoms with Gasteiger partial charge in [-0.05, 0) is 76.8 Å². The highest BCUT2D eigenvalue weighted by molar-refractivity contribution is 5.67. The van der Waals surface area contributed by atoms with Crippen LogP contribution in [-0.2, 0) is 0 Å². The third-order valence-corrected chi connectivity index (χ3v) is 3.28. The molecule has 0 aliphatic rings. The van der Waals surface area contributed by atoms with Crippen LogP contribution in [0.1, 0.15) is 50.8 Å². The predicted molar refractivity (Wildman–Crippen MR) is 81.9 cm³/mol. The van der Waals surface area contributed by atoms with Crippen LogP contribution in [0.2, 0.25) is 0 Å². The van der Waals surface area contributed by atoms with E-state index in [0.717, 1.165) is 13.0 Å². The van der Waals surface area contributed by atoms with Crippen LogP contribution in [0.3, 0.4) is 0 Å². The van der Waals surface area contributed by atoms with Gasteiger partial charge in [0.1, 0.15) is 0 Å². The summed E-state index contributed by atoms with van der Waals surface area (Å²) in [6.45, 7) is 14.2. The van der Waals surface area contributed by atoms with Gasteiger partial charge in [-0.15, -0.1) is 0 Å². The Bertz CT molecular complexity index is 422. The van der Waals surface area contributed by atoms with Gasteiger partial charge in [0.05, 0.1) is 0 Å². The first kappa shape index (κ1) is 15.0. The fourth-order valence-electron chi connectivity index (χ4n) is 2.02. The Labute approximate surface area is 112 Å². The topological polar surface area (TPSA) is 12.0 Å². The monoisotopic (exact) mass is 245 g/mol. The molecule has 1 rings (SSSR count). The number of nitrogens with one attached hydrogen (secondary N) is 1. The van der Waals surface area contributed by atoms with Crippen molar-refractivity contribution >= 4 is 5.57 Å². The van der Waals surface area contributed by atoms with Crippen molar-refractivity contribution < 1.29 is 0 Å². The molecule has 0 bridgehead atoms. The lowest BCUT2D eigenvalue weighted by Crippen LogP contribution is -2.36. The van der Waals surface area contributed by atoms with E-state index in [4.69, 9.17) is 0 Å². The maximum absolute atomic E-state index is 3.51. The average Bonchev–Trinajstić information content (AvgIpc) is 2.26. The zero-order chi connectivity index (χ0) is 13.8. The molecular weight excluding hydrogens is 218 g/mol. The van der Waals surface area contributed by atoms with Crippen molar-refractivity contribution in [2.24, 2.45) is 0 Å². The summed E-state index contributed by atoms with van der Waals surface area (Å²) in [5, 5.41) is 3.51. The first-order valence-electron chi connectivity index (χ1n) is 6.79. The Morgan fingerprint density at radius 3 is 2.50 bits per heavy atom. The van der Waals surface area contributed by atoms with Crippen LogP contribution in [0.15, 0.2) is 24.3 Å². The summed E-state index contributed by atoms with van der Waals surface area (Å²) in [4.78, 5) is 0. The van der Waals surface area contributed by atoms with Crippen LogP contribution in [0.4, 0.5) is 0 Å². The summed E-state index contributed by atoms with van der Waals surface area (Å²) in [5.74, 6) is 0. The number of hydrogen-bond donors (Lipinski definition) is 1. The molecule has 0 spiro atoms. The molecular formula is C17H27N. The molecule has 0 aromatic heterocycles. The lowest BCUT2D eigenvalue weighted by atomic mass is 9.97. The molecule has 1 aromatic carbocycles. The number of aryl methyl sites for hydroxylation is 1. The van der Waals surface area contributed by atoms with Crippen molar-refractivity contribution in [1.29, 1.82) is 0 Å². The molecule has 0 saturated heterocycles. The third kappa shape index (κ3) is 4.66. The van der Waals surface area contributed by atoms with Gasteiger partial charge in [0, 0.05) is 5.54 Å². The van der Waals surface area contributed by atoms with Crippen molar-refractivity contribution in [2.45, 2.75) is 53.5 Å². The predicted octanol–water partition coefficient (Wildman–Crippen LogP) is 4.48. The quantitative estimate of drug-likeness (QED) is 0.771. The Morgan fingerprint density at radius 2 is 1.89 bits per heavy atom. The molecule has 0 amide bonds. The smallest absolute Gasteiger partial charge is 0.00966 e.